The Labute approximate surface area is 131 Å². The predicted octanol–water partition coefficient (Wildman–Crippen LogP) is 3.81. The van der Waals surface area contributed by atoms with Gasteiger partial charge in [-0.05, 0) is 25.5 Å². The third kappa shape index (κ3) is 3.27. The lowest BCUT2D eigenvalue weighted by Crippen LogP contribution is -2.20. The number of rotatable bonds is 5. The van der Waals surface area contributed by atoms with Gasteiger partial charge in [0.15, 0.2) is 5.13 Å². The fourth-order valence-electron chi connectivity index (χ4n) is 2.96. The zero-order valence-corrected chi connectivity index (χ0v) is 13.6. The van der Waals surface area contributed by atoms with Crippen molar-refractivity contribution in [2.45, 2.75) is 32.2 Å². The summed E-state index contributed by atoms with van der Waals surface area (Å²) in [6.07, 6.45) is 1.22. The molecule has 21 heavy (non-hydrogen) atoms. The topological polar surface area (TPSA) is 28.2 Å². The molecular weight excluding hydrogens is 278 g/mol. The fourth-order valence-corrected chi connectivity index (χ4v) is 3.92. The van der Waals surface area contributed by atoms with Crippen LogP contribution in [0.1, 0.15) is 43.5 Å². The summed E-state index contributed by atoms with van der Waals surface area (Å²) >= 11 is 1.77. The second kappa shape index (κ2) is 6.58. The summed E-state index contributed by atoms with van der Waals surface area (Å²) in [5.74, 6) is 0.643. The zero-order valence-electron chi connectivity index (χ0n) is 12.7. The molecule has 0 saturated carbocycles. The van der Waals surface area contributed by atoms with Crippen molar-refractivity contribution in [3.63, 3.8) is 0 Å². The van der Waals surface area contributed by atoms with Gasteiger partial charge in [0.1, 0.15) is 0 Å². The molecule has 2 unspecified atom stereocenters. The molecule has 1 aliphatic heterocycles. The lowest BCUT2D eigenvalue weighted by atomic mass is 9.99. The zero-order chi connectivity index (χ0) is 14.7. The third-order valence-electron chi connectivity index (χ3n) is 4.19. The van der Waals surface area contributed by atoms with Crippen LogP contribution < -0.4 is 10.2 Å². The van der Waals surface area contributed by atoms with Gasteiger partial charge >= 0.3 is 0 Å². The molecule has 1 aromatic heterocycles. The quantitative estimate of drug-likeness (QED) is 0.910. The van der Waals surface area contributed by atoms with Crippen LogP contribution >= 0.6 is 11.3 Å². The molecule has 1 N–H and O–H groups in total. The summed E-state index contributed by atoms with van der Waals surface area (Å²) in [5, 5.41) is 6.79. The molecule has 1 aliphatic rings. The molecule has 2 heterocycles. The first-order chi connectivity index (χ1) is 10.3. The Balaban J connectivity index is 1.66. The standard InChI is InChI=1S/C17H23N3S/c1-3-18-13(2)16-12-21-17(19-16)20-10-9-15(11-20)14-7-5-4-6-8-14/h4-8,12-13,15,18H,3,9-11H2,1-2H3. The van der Waals surface area contributed by atoms with Crippen molar-refractivity contribution in [2.24, 2.45) is 0 Å². The Morgan fingerprint density at radius 2 is 2.19 bits per heavy atom. The van der Waals surface area contributed by atoms with Crippen LogP contribution in [0, 0.1) is 0 Å². The Kier molecular flexibility index (Phi) is 4.56. The van der Waals surface area contributed by atoms with Gasteiger partial charge in [-0.15, -0.1) is 11.3 Å². The maximum absolute atomic E-state index is 4.82. The average Bonchev–Trinajstić information content (AvgIpc) is 3.17. The number of nitrogens with one attached hydrogen (secondary N) is 1. The molecule has 1 aromatic carbocycles. The Morgan fingerprint density at radius 1 is 1.38 bits per heavy atom. The van der Waals surface area contributed by atoms with Gasteiger partial charge in [0.05, 0.1) is 5.69 Å². The van der Waals surface area contributed by atoms with Crippen molar-refractivity contribution in [3.8, 4) is 0 Å². The second-order valence-corrected chi connectivity index (χ2v) is 6.51. The van der Waals surface area contributed by atoms with Gasteiger partial charge in [-0.1, -0.05) is 37.3 Å². The Hall–Kier alpha value is -1.39. The van der Waals surface area contributed by atoms with Gasteiger partial charge in [0, 0.05) is 30.4 Å². The van der Waals surface area contributed by atoms with Crippen LogP contribution in [-0.4, -0.2) is 24.6 Å². The highest BCUT2D eigenvalue weighted by atomic mass is 32.1. The lowest BCUT2D eigenvalue weighted by Gasteiger charge is -2.15. The molecule has 1 saturated heterocycles. The number of thiazole rings is 1. The number of benzene rings is 1. The number of anilines is 1. The summed E-state index contributed by atoms with van der Waals surface area (Å²) in [7, 11) is 0. The van der Waals surface area contributed by atoms with Gasteiger partial charge < -0.3 is 10.2 Å². The Bertz CT molecular complexity index is 566. The van der Waals surface area contributed by atoms with E-state index in [9.17, 15) is 0 Å². The van der Waals surface area contributed by atoms with E-state index in [4.69, 9.17) is 4.98 Å². The summed E-state index contributed by atoms with van der Waals surface area (Å²) < 4.78 is 0. The number of hydrogen-bond donors (Lipinski definition) is 1. The number of aromatic nitrogens is 1. The van der Waals surface area contributed by atoms with Crippen LogP contribution in [0.25, 0.3) is 0 Å². The molecule has 0 radical (unpaired) electrons. The molecule has 1 fully saturated rings. The molecule has 0 aliphatic carbocycles. The molecule has 2 atom stereocenters. The first-order valence-electron chi connectivity index (χ1n) is 7.76. The minimum Gasteiger partial charge on any atom is -0.347 e. The van der Waals surface area contributed by atoms with Crippen molar-refractivity contribution < 1.29 is 0 Å². The molecule has 3 rings (SSSR count). The van der Waals surface area contributed by atoms with E-state index >= 15 is 0 Å². The van der Waals surface area contributed by atoms with E-state index < -0.39 is 0 Å². The summed E-state index contributed by atoms with van der Waals surface area (Å²) in [4.78, 5) is 7.26. The predicted molar refractivity (Wildman–Crippen MR) is 90.2 cm³/mol. The Morgan fingerprint density at radius 3 is 2.95 bits per heavy atom. The summed E-state index contributed by atoms with van der Waals surface area (Å²) in [6.45, 7) is 7.50. The van der Waals surface area contributed by atoms with Crippen LogP contribution in [0.4, 0.5) is 5.13 Å². The van der Waals surface area contributed by atoms with E-state index in [-0.39, 0.29) is 0 Å². The molecule has 4 heteroatoms. The molecule has 0 bridgehead atoms. The maximum atomic E-state index is 4.82. The molecule has 112 valence electrons. The van der Waals surface area contributed by atoms with Gasteiger partial charge in [-0.2, -0.15) is 0 Å². The van der Waals surface area contributed by atoms with Crippen LogP contribution in [-0.2, 0) is 0 Å². The van der Waals surface area contributed by atoms with Gasteiger partial charge in [-0.25, -0.2) is 4.98 Å². The fraction of sp³-hybridized carbons (Fsp3) is 0.471. The smallest absolute Gasteiger partial charge is 0.185 e. The van der Waals surface area contributed by atoms with E-state index in [1.165, 1.54) is 22.8 Å². The first-order valence-corrected chi connectivity index (χ1v) is 8.64. The van der Waals surface area contributed by atoms with Gasteiger partial charge in [-0.3, -0.25) is 0 Å². The van der Waals surface area contributed by atoms with Crippen LogP contribution in [0.3, 0.4) is 0 Å². The van der Waals surface area contributed by atoms with Crippen LogP contribution in [0.2, 0.25) is 0 Å². The molecule has 0 spiro atoms. The van der Waals surface area contributed by atoms with E-state index in [1.54, 1.807) is 11.3 Å². The van der Waals surface area contributed by atoms with Crippen LogP contribution in [0.15, 0.2) is 35.7 Å². The third-order valence-corrected chi connectivity index (χ3v) is 5.11. The van der Waals surface area contributed by atoms with Crippen molar-refractivity contribution in [2.75, 3.05) is 24.5 Å². The molecular formula is C17H23N3S. The lowest BCUT2D eigenvalue weighted by molar-refractivity contribution is 0.586. The average molecular weight is 301 g/mol. The maximum Gasteiger partial charge on any atom is 0.185 e. The molecule has 3 nitrogen and oxygen atoms in total. The summed E-state index contributed by atoms with van der Waals surface area (Å²) in [5.41, 5.74) is 2.62. The minimum absolute atomic E-state index is 0.340. The number of nitrogens with zero attached hydrogens (tertiary/aromatic N) is 2. The molecule has 0 amide bonds. The highest BCUT2D eigenvalue weighted by molar-refractivity contribution is 7.13. The van der Waals surface area contributed by atoms with E-state index in [2.05, 4.69) is 59.8 Å². The van der Waals surface area contributed by atoms with E-state index in [0.717, 1.165) is 19.6 Å². The van der Waals surface area contributed by atoms with E-state index in [0.29, 0.717) is 12.0 Å². The highest BCUT2D eigenvalue weighted by Gasteiger charge is 2.26. The van der Waals surface area contributed by atoms with Gasteiger partial charge in [0.25, 0.3) is 0 Å². The van der Waals surface area contributed by atoms with Gasteiger partial charge in [0.2, 0.25) is 0 Å². The highest BCUT2D eigenvalue weighted by Crippen LogP contribution is 2.33. The normalized spacial score (nSPS) is 19.9. The van der Waals surface area contributed by atoms with Crippen molar-refractivity contribution >= 4 is 16.5 Å². The van der Waals surface area contributed by atoms with Crippen LogP contribution in [0.5, 0.6) is 0 Å². The second-order valence-electron chi connectivity index (χ2n) is 5.68. The number of hydrogen-bond acceptors (Lipinski definition) is 4. The SMILES string of the molecule is CCNC(C)c1csc(N2CCC(c3ccccc3)C2)n1. The van der Waals surface area contributed by atoms with E-state index in [1.807, 2.05) is 0 Å². The van der Waals surface area contributed by atoms with Crippen molar-refractivity contribution in [3.05, 3.63) is 47.0 Å². The summed E-state index contributed by atoms with van der Waals surface area (Å²) in [6, 6.07) is 11.2. The first kappa shape index (κ1) is 14.5. The monoisotopic (exact) mass is 301 g/mol. The van der Waals surface area contributed by atoms with Crippen molar-refractivity contribution in [1.29, 1.82) is 0 Å². The molecule has 2 aromatic rings. The minimum atomic E-state index is 0.340. The van der Waals surface area contributed by atoms with Crippen molar-refractivity contribution in [1.82, 2.24) is 10.3 Å². The largest absolute Gasteiger partial charge is 0.347 e.